The Kier molecular flexibility index (Phi) is 3.77. The van der Waals surface area contributed by atoms with Gasteiger partial charge in [-0.25, -0.2) is 4.98 Å². The maximum Gasteiger partial charge on any atom is 0.257 e. The van der Waals surface area contributed by atoms with Crippen LogP contribution in [0.2, 0.25) is 0 Å². The summed E-state index contributed by atoms with van der Waals surface area (Å²) in [6.45, 7) is 3.55. The van der Waals surface area contributed by atoms with Gasteiger partial charge in [-0.05, 0) is 13.8 Å². The van der Waals surface area contributed by atoms with Crippen LogP contribution in [-0.2, 0) is 4.79 Å². The quantitative estimate of drug-likeness (QED) is 0.859. The van der Waals surface area contributed by atoms with E-state index >= 15 is 0 Å². The molecule has 1 aliphatic heterocycles. The van der Waals surface area contributed by atoms with Crippen LogP contribution >= 0.6 is 23.1 Å². The van der Waals surface area contributed by atoms with Crippen molar-refractivity contribution in [1.82, 2.24) is 19.7 Å². The van der Waals surface area contributed by atoms with Crippen molar-refractivity contribution in [1.29, 1.82) is 0 Å². The highest BCUT2D eigenvalue weighted by Gasteiger charge is 2.27. The Morgan fingerprint density at radius 3 is 3.00 bits per heavy atom. The molecule has 0 spiro atoms. The van der Waals surface area contributed by atoms with Crippen LogP contribution < -0.4 is 10.9 Å². The summed E-state index contributed by atoms with van der Waals surface area (Å²) < 4.78 is 1.62. The largest absolute Gasteiger partial charge is 0.300 e. The number of amides is 1. The first kappa shape index (κ1) is 14.2. The second-order valence-electron chi connectivity index (χ2n) is 4.74. The summed E-state index contributed by atoms with van der Waals surface area (Å²) in [5, 5.41) is 12.4. The number of anilines is 1. The number of thioether (sulfide) groups is 1. The fourth-order valence-electron chi connectivity index (χ4n) is 2.10. The predicted octanol–water partition coefficient (Wildman–Crippen LogP) is 1.39. The van der Waals surface area contributed by atoms with Gasteiger partial charge in [0.25, 0.3) is 5.56 Å². The Balaban J connectivity index is 1.75. The third-order valence-electron chi connectivity index (χ3n) is 3.09. The van der Waals surface area contributed by atoms with E-state index in [9.17, 15) is 9.59 Å². The van der Waals surface area contributed by atoms with Crippen LogP contribution in [0.3, 0.4) is 0 Å². The molecule has 7 nitrogen and oxygen atoms in total. The van der Waals surface area contributed by atoms with Crippen LogP contribution in [0.4, 0.5) is 5.13 Å². The molecular weight excluding hydrogens is 310 g/mol. The molecule has 0 saturated carbocycles. The Labute approximate surface area is 128 Å². The van der Waals surface area contributed by atoms with E-state index in [0.717, 1.165) is 5.01 Å². The molecule has 0 radical (unpaired) electrons. The molecule has 110 valence electrons. The van der Waals surface area contributed by atoms with Gasteiger partial charge in [-0.15, -0.1) is 10.2 Å². The monoisotopic (exact) mass is 323 g/mol. The molecule has 3 heterocycles. The molecule has 1 aliphatic rings. The van der Waals surface area contributed by atoms with E-state index in [0.29, 0.717) is 21.6 Å². The maximum absolute atomic E-state index is 12.2. The normalized spacial score (nSPS) is 16.8. The number of nitrogens with one attached hydrogen (secondary N) is 1. The van der Waals surface area contributed by atoms with Crippen molar-refractivity contribution in [3.8, 4) is 0 Å². The highest BCUT2D eigenvalue weighted by Crippen LogP contribution is 2.32. The van der Waals surface area contributed by atoms with Gasteiger partial charge in [-0.1, -0.05) is 23.1 Å². The zero-order valence-corrected chi connectivity index (χ0v) is 13.1. The summed E-state index contributed by atoms with van der Waals surface area (Å²) in [5.74, 6) is 0.506. The lowest BCUT2D eigenvalue weighted by molar-refractivity contribution is -0.116. The summed E-state index contributed by atoms with van der Waals surface area (Å²) in [6, 6.07) is -0.168. The number of hydrogen-bond acceptors (Lipinski definition) is 7. The fourth-order valence-corrected chi connectivity index (χ4v) is 3.82. The molecule has 9 heteroatoms. The molecule has 2 aromatic heterocycles. The lowest BCUT2D eigenvalue weighted by Gasteiger charge is -2.12. The third-order valence-corrected chi connectivity index (χ3v) is 4.96. The van der Waals surface area contributed by atoms with Crippen molar-refractivity contribution in [2.75, 3.05) is 11.1 Å². The molecule has 0 bridgehead atoms. The molecule has 2 aromatic rings. The zero-order chi connectivity index (χ0) is 15.0. The minimum absolute atomic E-state index is 0.0745. The minimum atomic E-state index is -0.169. The number of aromatic nitrogens is 4. The number of carbonyl (C=O) groups is 1. The lowest BCUT2D eigenvalue weighted by Crippen LogP contribution is -2.28. The van der Waals surface area contributed by atoms with Gasteiger partial charge in [0, 0.05) is 23.9 Å². The minimum Gasteiger partial charge on any atom is -0.300 e. The summed E-state index contributed by atoms with van der Waals surface area (Å²) >= 11 is 2.82. The fraction of sp³-hybridized carbons (Fsp3) is 0.417. The van der Waals surface area contributed by atoms with Gasteiger partial charge in [0.1, 0.15) is 5.01 Å². The molecule has 0 saturated heterocycles. The van der Waals surface area contributed by atoms with Crippen LogP contribution in [0.5, 0.6) is 0 Å². The number of carbonyl (C=O) groups excluding carboxylic acids is 1. The summed E-state index contributed by atoms with van der Waals surface area (Å²) in [5.41, 5.74) is 0.515. The molecular formula is C12H13N5O2S2. The van der Waals surface area contributed by atoms with E-state index < -0.39 is 0 Å². The molecule has 1 amide bonds. The van der Waals surface area contributed by atoms with Crippen molar-refractivity contribution in [2.45, 2.75) is 31.5 Å². The average molecular weight is 323 g/mol. The predicted molar refractivity (Wildman–Crippen MR) is 80.9 cm³/mol. The van der Waals surface area contributed by atoms with E-state index in [1.54, 1.807) is 17.7 Å². The third kappa shape index (κ3) is 2.84. The molecule has 1 N–H and O–H groups in total. The van der Waals surface area contributed by atoms with Gasteiger partial charge in [0.15, 0.2) is 5.16 Å². The Bertz CT molecular complexity index is 754. The first-order chi connectivity index (χ1) is 10.0. The van der Waals surface area contributed by atoms with Crippen molar-refractivity contribution >= 4 is 34.1 Å². The second kappa shape index (κ2) is 5.57. The van der Waals surface area contributed by atoms with Crippen molar-refractivity contribution in [2.24, 2.45) is 0 Å². The molecule has 1 atom stereocenters. The van der Waals surface area contributed by atoms with E-state index in [1.165, 1.54) is 23.1 Å². The Morgan fingerprint density at radius 1 is 1.48 bits per heavy atom. The molecule has 1 unspecified atom stereocenters. The standard InChI is InChI=1S/C12H13N5O2S2/c1-6-4-13-12-17(10(6)19)8(5-20-12)3-9(18)14-11-16-15-7(2)21-11/h4,8H,3,5H2,1-2H3,(H,14,16,18). The topological polar surface area (TPSA) is 89.8 Å². The Morgan fingerprint density at radius 2 is 2.29 bits per heavy atom. The lowest BCUT2D eigenvalue weighted by atomic mass is 10.2. The molecule has 0 fully saturated rings. The number of fused-ring (bicyclic) bond motifs is 1. The van der Waals surface area contributed by atoms with Gasteiger partial charge >= 0.3 is 0 Å². The van der Waals surface area contributed by atoms with Crippen molar-refractivity contribution in [3.05, 3.63) is 27.1 Å². The second-order valence-corrected chi connectivity index (χ2v) is 6.91. The summed E-state index contributed by atoms with van der Waals surface area (Å²) in [4.78, 5) is 28.5. The average Bonchev–Trinajstić information content (AvgIpc) is 3.01. The van der Waals surface area contributed by atoms with Gasteiger partial charge in [0.05, 0.1) is 6.04 Å². The van der Waals surface area contributed by atoms with Crippen LogP contribution in [0.15, 0.2) is 16.1 Å². The SMILES string of the molecule is Cc1nnc(NC(=O)CC2CSc3ncc(C)c(=O)n32)s1. The summed E-state index contributed by atoms with van der Waals surface area (Å²) in [6.07, 6.45) is 1.80. The van der Waals surface area contributed by atoms with Crippen molar-refractivity contribution in [3.63, 3.8) is 0 Å². The van der Waals surface area contributed by atoms with E-state index in [2.05, 4.69) is 20.5 Å². The van der Waals surface area contributed by atoms with Crippen LogP contribution in [0.25, 0.3) is 0 Å². The highest BCUT2D eigenvalue weighted by molar-refractivity contribution is 7.99. The van der Waals surface area contributed by atoms with Crippen LogP contribution in [0, 0.1) is 13.8 Å². The Hall–Kier alpha value is -1.74. The molecule has 21 heavy (non-hydrogen) atoms. The molecule has 3 rings (SSSR count). The van der Waals surface area contributed by atoms with E-state index in [1.807, 2.05) is 6.92 Å². The smallest absolute Gasteiger partial charge is 0.257 e. The molecule has 0 aromatic carbocycles. The number of hydrogen-bond donors (Lipinski definition) is 1. The number of aryl methyl sites for hydroxylation is 2. The van der Waals surface area contributed by atoms with Crippen molar-refractivity contribution < 1.29 is 4.79 Å². The van der Waals surface area contributed by atoms with Gasteiger partial charge < -0.3 is 5.32 Å². The van der Waals surface area contributed by atoms with Crippen LogP contribution in [-0.4, -0.2) is 31.4 Å². The first-order valence-corrected chi connectivity index (χ1v) is 8.15. The van der Waals surface area contributed by atoms with E-state index in [-0.39, 0.29) is 23.9 Å². The van der Waals surface area contributed by atoms with Gasteiger partial charge in [-0.2, -0.15) is 0 Å². The zero-order valence-electron chi connectivity index (χ0n) is 11.5. The van der Waals surface area contributed by atoms with Gasteiger partial charge in [-0.3, -0.25) is 14.2 Å². The number of rotatable bonds is 3. The van der Waals surface area contributed by atoms with Gasteiger partial charge in [0.2, 0.25) is 11.0 Å². The molecule has 0 aliphatic carbocycles. The highest BCUT2D eigenvalue weighted by atomic mass is 32.2. The first-order valence-electron chi connectivity index (χ1n) is 6.35. The summed E-state index contributed by atoms with van der Waals surface area (Å²) in [7, 11) is 0. The van der Waals surface area contributed by atoms with E-state index in [4.69, 9.17) is 0 Å². The number of nitrogens with zero attached hydrogens (tertiary/aromatic N) is 4. The van der Waals surface area contributed by atoms with Crippen LogP contribution in [0.1, 0.15) is 23.0 Å². The maximum atomic E-state index is 12.2.